The molecule has 3 rings (SSSR count). The molecule has 0 bridgehead atoms. The normalized spacial score (nSPS) is 10.2. The van der Waals surface area contributed by atoms with Crippen LogP contribution in [0.1, 0.15) is 31.8 Å². The van der Waals surface area contributed by atoms with Crippen LogP contribution in [0.2, 0.25) is 0 Å². The van der Waals surface area contributed by atoms with Gasteiger partial charge >= 0.3 is 5.97 Å². The Hall–Kier alpha value is -3.80. The molecule has 0 aliphatic heterocycles. The molecular weight excluding hydrogens is 384 g/mol. The summed E-state index contributed by atoms with van der Waals surface area (Å²) in [4.78, 5) is 23.8. The maximum Gasteiger partial charge on any atom is 0.342 e. The van der Waals surface area contributed by atoms with Crippen LogP contribution in [0.3, 0.4) is 0 Å². The summed E-state index contributed by atoms with van der Waals surface area (Å²) in [6.45, 7) is 0.343. The zero-order valence-electron chi connectivity index (χ0n) is 16.8. The topological polar surface area (TPSA) is 71.1 Å². The highest BCUT2D eigenvalue weighted by Crippen LogP contribution is 2.23. The number of esters is 1. The molecule has 154 valence electrons. The van der Waals surface area contributed by atoms with Gasteiger partial charge in [-0.2, -0.15) is 0 Å². The van der Waals surface area contributed by atoms with Crippen molar-refractivity contribution in [3.63, 3.8) is 0 Å². The van der Waals surface area contributed by atoms with Gasteiger partial charge in [-0.15, -0.1) is 0 Å². The van der Waals surface area contributed by atoms with Crippen molar-refractivity contribution >= 4 is 12.3 Å². The van der Waals surface area contributed by atoms with Gasteiger partial charge in [0, 0.05) is 5.56 Å². The Labute approximate surface area is 175 Å². The first-order chi connectivity index (χ1) is 14.6. The average Bonchev–Trinajstić information content (AvgIpc) is 2.81. The fourth-order valence-corrected chi connectivity index (χ4v) is 2.74. The number of benzene rings is 3. The summed E-state index contributed by atoms with van der Waals surface area (Å²) in [5, 5.41) is 0. The molecule has 3 aromatic carbocycles. The van der Waals surface area contributed by atoms with Crippen molar-refractivity contribution in [1.82, 2.24) is 0 Å². The summed E-state index contributed by atoms with van der Waals surface area (Å²) in [5.41, 5.74) is 2.29. The minimum absolute atomic E-state index is 0.0893. The number of carbonyl (C=O) groups excluding carboxylic acids is 2. The van der Waals surface area contributed by atoms with E-state index in [-0.39, 0.29) is 18.8 Å². The first-order valence-electron chi connectivity index (χ1n) is 9.28. The number of carbonyl (C=O) groups is 2. The molecule has 0 amide bonds. The first-order valence-corrected chi connectivity index (χ1v) is 9.28. The molecule has 30 heavy (non-hydrogen) atoms. The highest BCUT2D eigenvalue weighted by molar-refractivity contribution is 5.94. The first kappa shape index (κ1) is 20.9. The fraction of sp³-hybridized carbons (Fsp3) is 0.167. The van der Waals surface area contributed by atoms with E-state index in [4.69, 9.17) is 18.9 Å². The molecule has 0 fully saturated rings. The monoisotopic (exact) mass is 406 g/mol. The number of hydrogen-bond acceptors (Lipinski definition) is 6. The predicted molar refractivity (Wildman–Crippen MR) is 111 cm³/mol. The van der Waals surface area contributed by atoms with Crippen LogP contribution in [0.5, 0.6) is 17.2 Å². The number of hydrogen-bond donors (Lipinski definition) is 0. The minimum atomic E-state index is -0.570. The van der Waals surface area contributed by atoms with E-state index >= 15 is 0 Å². The van der Waals surface area contributed by atoms with Gasteiger partial charge in [-0.05, 0) is 53.6 Å². The number of ether oxygens (including phenoxy) is 4. The van der Waals surface area contributed by atoms with E-state index in [1.165, 1.54) is 6.07 Å². The Morgan fingerprint density at radius 1 is 0.800 bits per heavy atom. The summed E-state index contributed by atoms with van der Waals surface area (Å²) >= 11 is 0. The van der Waals surface area contributed by atoms with Crippen molar-refractivity contribution in [2.45, 2.75) is 13.2 Å². The average molecular weight is 406 g/mol. The van der Waals surface area contributed by atoms with E-state index in [0.717, 1.165) is 22.6 Å². The Kier molecular flexibility index (Phi) is 7.05. The van der Waals surface area contributed by atoms with Crippen molar-refractivity contribution in [3.8, 4) is 17.2 Å². The lowest BCUT2D eigenvalue weighted by Gasteiger charge is -2.12. The highest BCUT2D eigenvalue weighted by Gasteiger charge is 2.16. The van der Waals surface area contributed by atoms with Gasteiger partial charge in [0.15, 0.2) is 0 Å². The van der Waals surface area contributed by atoms with Gasteiger partial charge in [-0.1, -0.05) is 24.3 Å². The minimum Gasteiger partial charge on any atom is -0.497 e. The summed E-state index contributed by atoms with van der Waals surface area (Å²) in [6, 6.07) is 19.3. The molecule has 0 saturated carbocycles. The molecule has 0 N–H and O–H groups in total. The molecule has 0 heterocycles. The predicted octanol–water partition coefficient (Wildman–Crippen LogP) is 4.45. The van der Waals surface area contributed by atoms with Crippen molar-refractivity contribution < 1.29 is 28.5 Å². The fourth-order valence-electron chi connectivity index (χ4n) is 2.74. The SMILES string of the molecule is COc1ccc(COC(=O)c2cc(C=O)ccc2OCc2ccc(OC)cc2)cc1. The van der Waals surface area contributed by atoms with Crippen LogP contribution in [-0.2, 0) is 18.0 Å². The Balaban J connectivity index is 1.70. The van der Waals surface area contributed by atoms with Crippen molar-refractivity contribution in [2.75, 3.05) is 14.2 Å². The zero-order valence-corrected chi connectivity index (χ0v) is 16.8. The summed E-state index contributed by atoms with van der Waals surface area (Å²) < 4.78 is 21.5. The van der Waals surface area contributed by atoms with Crippen molar-refractivity contribution in [3.05, 3.63) is 89.0 Å². The van der Waals surface area contributed by atoms with E-state index in [9.17, 15) is 9.59 Å². The third-order valence-corrected chi connectivity index (χ3v) is 4.44. The van der Waals surface area contributed by atoms with Gasteiger partial charge in [0.25, 0.3) is 0 Å². The molecule has 0 saturated heterocycles. The number of rotatable bonds is 9. The molecule has 0 aromatic heterocycles. The summed E-state index contributed by atoms with van der Waals surface area (Å²) in [5.74, 6) is 1.24. The van der Waals surface area contributed by atoms with Gasteiger partial charge in [0.05, 0.1) is 14.2 Å². The highest BCUT2D eigenvalue weighted by atomic mass is 16.5. The molecule has 0 unspecified atom stereocenters. The van der Waals surface area contributed by atoms with Crippen LogP contribution in [0.4, 0.5) is 0 Å². The van der Waals surface area contributed by atoms with Crippen LogP contribution in [-0.4, -0.2) is 26.5 Å². The van der Waals surface area contributed by atoms with E-state index in [0.29, 0.717) is 17.6 Å². The maximum absolute atomic E-state index is 12.7. The lowest BCUT2D eigenvalue weighted by molar-refractivity contribution is 0.0467. The van der Waals surface area contributed by atoms with Gasteiger partial charge in [0.1, 0.15) is 42.3 Å². The maximum atomic E-state index is 12.7. The van der Waals surface area contributed by atoms with Crippen LogP contribution < -0.4 is 14.2 Å². The largest absolute Gasteiger partial charge is 0.497 e. The van der Waals surface area contributed by atoms with E-state index in [1.54, 1.807) is 38.5 Å². The van der Waals surface area contributed by atoms with Gasteiger partial charge in [-0.25, -0.2) is 4.79 Å². The molecule has 0 aliphatic rings. The van der Waals surface area contributed by atoms with Crippen molar-refractivity contribution in [2.24, 2.45) is 0 Å². The zero-order chi connectivity index (χ0) is 21.3. The molecule has 6 nitrogen and oxygen atoms in total. The Morgan fingerprint density at radius 2 is 1.37 bits per heavy atom. The molecule has 0 radical (unpaired) electrons. The second-order valence-corrected chi connectivity index (χ2v) is 6.43. The van der Waals surface area contributed by atoms with Gasteiger partial charge < -0.3 is 18.9 Å². The summed E-state index contributed by atoms with van der Waals surface area (Å²) in [7, 11) is 3.19. The molecule has 0 spiro atoms. The summed E-state index contributed by atoms with van der Waals surface area (Å²) in [6.07, 6.45) is 0.674. The molecular formula is C24H22O6. The molecule has 0 atom stereocenters. The van der Waals surface area contributed by atoms with Crippen LogP contribution >= 0.6 is 0 Å². The number of aldehydes is 1. The third kappa shape index (κ3) is 5.38. The Bertz CT molecular complexity index is 993. The van der Waals surface area contributed by atoms with Gasteiger partial charge in [0.2, 0.25) is 0 Å². The third-order valence-electron chi connectivity index (χ3n) is 4.44. The molecule has 3 aromatic rings. The second kappa shape index (κ2) is 10.1. The molecule has 0 aliphatic carbocycles. The standard InChI is InChI=1S/C24H22O6/c1-27-20-8-3-17(4-9-20)15-29-23-12-7-19(14-25)13-22(23)24(26)30-16-18-5-10-21(28-2)11-6-18/h3-14H,15-16H2,1-2H3. The second-order valence-electron chi connectivity index (χ2n) is 6.43. The Morgan fingerprint density at radius 3 is 1.90 bits per heavy atom. The van der Waals surface area contributed by atoms with Gasteiger partial charge in [-0.3, -0.25) is 4.79 Å². The number of methoxy groups -OCH3 is 2. The van der Waals surface area contributed by atoms with Crippen LogP contribution in [0, 0.1) is 0 Å². The lowest BCUT2D eigenvalue weighted by atomic mass is 10.1. The quantitative estimate of drug-likeness (QED) is 0.386. The van der Waals surface area contributed by atoms with E-state index < -0.39 is 5.97 Å². The van der Waals surface area contributed by atoms with Crippen molar-refractivity contribution in [1.29, 1.82) is 0 Å². The van der Waals surface area contributed by atoms with Crippen LogP contribution in [0.15, 0.2) is 66.7 Å². The van der Waals surface area contributed by atoms with E-state index in [2.05, 4.69) is 0 Å². The smallest absolute Gasteiger partial charge is 0.342 e. The van der Waals surface area contributed by atoms with E-state index in [1.807, 2.05) is 36.4 Å². The lowest BCUT2D eigenvalue weighted by Crippen LogP contribution is -2.09. The van der Waals surface area contributed by atoms with Crippen LogP contribution in [0.25, 0.3) is 0 Å². The molecule has 6 heteroatoms.